The van der Waals surface area contributed by atoms with Crippen LogP contribution in [-0.4, -0.2) is 32.8 Å². The summed E-state index contributed by atoms with van der Waals surface area (Å²) in [5, 5.41) is 13.5. The van der Waals surface area contributed by atoms with E-state index in [4.69, 9.17) is 0 Å². The minimum atomic E-state index is -0.584. The van der Waals surface area contributed by atoms with Crippen LogP contribution in [-0.2, 0) is 11.8 Å². The fraction of sp³-hybridized carbons (Fsp3) is 0.273. The average Bonchev–Trinajstić information content (AvgIpc) is 3.40. The fourth-order valence-electron chi connectivity index (χ4n) is 3.90. The number of amides is 1. The summed E-state index contributed by atoms with van der Waals surface area (Å²) in [6, 6.07) is 10.9. The third-order valence-electron chi connectivity index (χ3n) is 5.27. The van der Waals surface area contributed by atoms with Crippen molar-refractivity contribution in [1.29, 1.82) is 0 Å². The van der Waals surface area contributed by atoms with Crippen molar-refractivity contribution in [2.45, 2.75) is 25.8 Å². The van der Waals surface area contributed by atoms with Crippen LogP contribution in [0.4, 0.5) is 0 Å². The fourth-order valence-corrected chi connectivity index (χ4v) is 4.58. The first-order valence-corrected chi connectivity index (χ1v) is 10.3. The Bertz CT molecular complexity index is 1080. The summed E-state index contributed by atoms with van der Waals surface area (Å²) in [5.41, 5.74) is 2.07. The number of carbonyl (C=O) groups excluding carboxylic acids is 2. The molecule has 6 heteroatoms. The first kappa shape index (κ1) is 18.5. The maximum Gasteiger partial charge on any atom is 0.290 e. The molecule has 0 fully saturated rings. The van der Waals surface area contributed by atoms with Crippen molar-refractivity contribution in [3.05, 3.63) is 69.7 Å². The zero-order chi connectivity index (χ0) is 19.8. The monoisotopic (exact) mass is 394 g/mol. The number of hydrogen-bond acceptors (Lipinski definition) is 4. The highest BCUT2D eigenvalue weighted by atomic mass is 32.1. The highest BCUT2D eigenvalue weighted by Gasteiger charge is 2.44. The molecule has 2 aromatic heterocycles. The number of carbonyl (C=O) groups is 2. The summed E-state index contributed by atoms with van der Waals surface area (Å²) in [6.07, 6.45) is 3.68. The van der Waals surface area contributed by atoms with Crippen molar-refractivity contribution >= 4 is 33.9 Å². The summed E-state index contributed by atoms with van der Waals surface area (Å²) >= 11 is 1.32. The molecule has 1 N–H and O–H groups in total. The summed E-state index contributed by atoms with van der Waals surface area (Å²) in [6.45, 7) is 2.55. The summed E-state index contributed by atoms with van der Waals surface area (Å²) < 4.78 is 2.00. The lowest BCUT2D eigenvalue weighted by molar-refractivity contribution is -0.129. The van der Waals surface area contributed by atoms with E-state index in [9.17, 15) is 14.7 Å². The van der Waals surface area contributed by atoms with Crippen LogP contribution in [0.3, 0.4) is 0 Å². The van der Waals surface area contributed by atoms with Crippen molar-refractivity contribution in [2.24, 2.45) is 7.05 Å². The summed E-state index contributed by atoms with van der Waals surface area (Å²) in [7, 11) is 1.95. The molecular formula is C22H22N2O3S. The van der Waals surface area contributed by atoms with Gasteiger partial charge in [0, 0.05) is 36.3 Å². The molecule has 5 nitrogen and oxygen atoms in total. The molecule has 1 aromatic carbocycles. The number of benzene rings is 1. The minimum absolute atomic E-state index is 0.180. The van der Waals surface area contributed by atoms with Crippen LogP contribution >= 0.6 is 11.3 Å². The third kappa shape index (κ3) is 2.85. The van der Waals surface area contributed by atoms with E-state index in [-0.39, 0.29) is 11.4 Å². The second-order valence-corrected chi connectivity index (χ2v) is 7.98. The molecule has 1 amide bonds. The first-order valence-electron chi connectivity index (χ1n) is 9.40. The van der Waals surface area contributed by atoms with E-state index in [1.54, 1.807) is 17.0 Å². The van der Waals surface area contributed by atoms with E-state index < -0.39 is 17.7 Å². The molecule has 1 aliphatic heterocycles. The minimum Gasteiger partial charge on any atom is -0.503 e. The largest absolute Gasteiger partial charge is 0.503 e. The van der Waals surface area contributed by atoms with Gasteiger partial charge in [0.2, 0.25) is 5.78 Å². The lowest BCUT2D eigenvalue weighted by Gasteiger charge is -2.26. The van der Waals surface area contributed by atoms with Crippen LogP contribution < -0.4 is 0 Å². The van der Waals surface area contributed by atoms with Crippen LogP contribution in [0.2, 0.25) is 0 Å². The molecular weight excluding hydrogens is 372 g/mol. The number of aliphatic hydroxyl groups is 1. The molecule has 28 heavy (non-hydrogen) atoms. The molecule has 0 saturated heterocycles. The van der Waals surface area contributed by atoms with Gasteiger partial charge in [-0.2, -0.15) is 0 Å². The van der Waals surface area contributed by atoms with Gasteiger partial charge in [0.15, 0.2) is 5.76 Å². The van der Waals surface area contributed by atoms with Crippen LogP contribution in [0.25, 0.3) is 10.9 Å². The van der Waals surface area contributed by atoms with E-state index in [1.165, 1.54) is 11.3 Å². The average molecular weight is 394 g/mol. The number of Topliss-reactive ketones (excluding diaryl/α,β-unsaturated/α-hetero) is 1. The number of aryl methyl sites for hydroxylation is 1. The molecule has 1 atom stereocenters. The first-order chi connectivity index (χ1) is 13.5. The van der Waals surface area contributed by atoms with Gasteiger partial charge in [-0.1, -0.05) is 37.6 Å². The number of aromatic nitrogens is 1. The third-order valence-corrected chi connectivity index (χ3v) is 6.14. The molecule has 0 spiro atoms. The van der Waals surface area contributed by atoms with Gasteiger partial charge in [-0.3, -0.25) is 9.59 Å². The number of aliphatic hydroxyl groups excluding tert-OH is 1. The Labute approximate surface area is 167 Å². The second-order valence-electron chi connectivity index (χ2n) is 7.04. The second kappa shape index (κ2) is 7.28. The number of fused-ring (bicyclic) bond motifs is 1. The Hall–Kier alpha value is -2.86. The molecule has 0 bridgehead atoms. The van der Waals surface area contributed by atoms with Crippen molar-refractivity contribution in [1.82, 2.24) is 9.47 Å². The number of para-hydroxylation sites is 1. The van der Waals surface area contributed by atoms with E-state index in [0.29, 0.717) is 11.4 Å². The Kier molecular flexibility index (Phi) is 4.81. The standard InChI is InChI=1S/C22H22N2O3S/c1-3-4-11-24-19(15-13-23(2)16-9-6-5-8-14(15)16)18(21(26)22(24)27)20(25)17-10-7-12-28-17/h5-10,12-13,19,26H,3-4,11H2,1-2H3. The molecule has 3 heterocycles. The lowest BCUT2D eigenvalue weighted by Crippen LogP contribution is -2.32. The number of thiophene rings is 1. The van der Waals surface area contributed by atoms with Gasteiger partial charge >= 0.3 is 0 Å². The Morgan fingerprint density at radius 3 is 2.71 bits per heavy atom. The summed E-state index contributed by atoms with van der Waals surface area (Å²) in [4.78, 5) is 28.3. The molecule has 1 aliphatic rings. The van der Waals surface area contributed by atoms with Crippen LogP contribution in [0.15, 0.2) is 59.3 Å². The highest BCUT2D eigenvalue weighted by molar-refractivity contribution is 7.12. The van der Waals surface area contributed by atoms with Gasteiger partial charge in [-0.05, 0) is 23.9 Å². The molecule has 0 aliphatic carbocycles. The van der Waals surface area contributed by atoms with Crippen LogP contribution in [0.1, 0.15) is 41.0 Å². The Balaban J connectivity index is 1.90. The SMILES string of the molecule is CCCCN1C(=O)C(O)=C(C(=O)c2cccs2)C1c1cn(C)c2ccccc12. The van der Waals surface area contributed by atoms with Gasteiger partial charge in [-0.15, -0.1) is 11.3 Å². The highest BCUT2D eigenvalue weighted by Crippen LogP contribution is 2.42. The number of unbranched alkanes of at least 4 members (excludes halogenated alkanes) is 1. The molecule has 4 rings (SSSR count). The zero-order valence-electron chi connectivity index (χ0n) is 15.9. The van der Waals surface area contributed by atoms with Crippen molar-refractivity contribution in [3.63, 3.8) is 0 Å². The van der Waals surface area contributed by atoms with Crippen molar-refractivity contribution < 1.29 is 14.7 Å². The van der Waals surface area contributed by atoms with Crippen LogP contribution in [0.5, 0.6) is 0 Å². The van der Waals surface area contributed by atoms with E-state index >= 15 is 0 Å². The number of nitrogens with zero attached hydrogens (tertiary/aromatic N) is 2. The van der Waals surface area contributed by atoms with Crippen molar-refractivity contribution in [3.8, 4) is 0 Å². The molecule has 144 valence electrons. The lowest BCUT2D eigenvalue weighted by atomic mass is 9.95. The quantitative estimate of drug-likeness (QED) is 0.621. The number of hydrogen-bond donors (Lipinski definition) is 1. The molecule has 3 aromatic rings. The predicted octanol–water partition coefficient (Wildman–Crippen LogP) is 4.62. The van der Waals surface area contributed by atoms with Crippen LogP contribution in [0, 0.1) is 0 Å². The topological polar surface area (TPSA) is 62.5 Å². The maximum absolute atomic E-state index is 13.2. The zero-order valence-corrected chi connectivity index (χ0v) is 16.7. The van der Waals surface area contributed by atoms with E-state index in [0.717, 1.165) is 29.3 Å². The van der Waals surface area contributed by atoms with Crippen molar-refractivity contribution in [2.75, 3.05) is 6.54 Å². The Morgan fingerprint density at radius 2 is 2.00 bits per heavy atom. The predicted molar refractivity (Wildman–Crippen MR) is 111 cm³/mol. The van der Waals surface area contributed by atoms with Gasteiger partial charge < -0.3 is 14.6 Å². The number of ketones is 1. The molecule has 1 unspecified atom stereocenters. The van der Waals surface area contributed by atoms with E-state index in [2.05, 4.69) is 6.92 Å². The van der Waals surface area contributed by atoms with Gasteiger partial charge in [0.25, 0.3) is 5.91 Å². The van der Waals surface area contributed by atoms with Gasteiger partial charge in [-0.25, -0.2) is 0 Å². The Morgan fingerprint density at radius 1 is 1.21 bits per heavy atom. The normalized spacial score (nSPS) is 17.1. The maximum atomic E-state index is 13.2. The van der Waals surface area contributed by atoms with Gasteiger partial charge in [0.1, 0.15) is 0 Å². The summed E-state index contributed by atoms with van der Waals surface area (Å²) in [5.74, 6) is -1.17. The molecule has 0 radical (unpaired) electrons. The van der Waals surface area contributed by atoms with Gasteiger partial charge in [0.05, 0.1) is 16.5 Å². The smallest absolute Gasteiger partial charge is 0.290 e. The van der Waals surface area contributed by atoms with E-state index in [1.807, 2.05) is 47.5 Å². The molecule has 0 saturated carbocycles. The number of rotatable bonds is 6.